The predicted octanol–water partition coefficient (Wildman–Crippen LogP) is 2.46. The molecule has 0 bridgehead atoms. The van der Waals surface area contributed by atoms with Crippen LogP contribution < -0.4 is 10.9 Å². The molecule has 0 aromatic carbocycles. The zero-order valence-electron chi connectivity index (χ0n) is 14.4. The van der Waals surface area contributed by atoms with Crippen LogP contribution >= 0.6 is 11.3 Å². The third kappa shape index (κ3) is 3.46. The number of hydrogen-bond donors (Lipinski definition) is 1. The monoisotopic (exact) mass is 395 g/mol. The highest BCUT2D eigenvalue weighted by Crippen LogP contribution is 2.30. The molecule has 1 aliphatic rings. The van der Waals surface area contributed by atoms with E-state index in [2.05, 4.69) is 20.3 Å². The second kappa shape index (κ2) is 6.68. The topological polar surface area (TPSA) is 72.7 Å². The van der Waals surface area contributed by atoms with Crippen molar-refractivity contribution in [2.45, 2.75) is 39.0 Å². The highest BCUT2D eigenvalue weighted by Gasteiger charge is 2.33. The fraction of sp³-hybridized carbons (Fsp3) is 0.412. The maximum Gasteiger partial charge on any atom is 0.433 e. The first-order chi connectivity index (χ1) is 12.8. The molecule has 0 unspecified atom stereocenters. The Morgan fingerprint density at radius 3 is 2.93 bits per heavy atom. The number of rotatable bonds is 3. The van der Waals surface area contributed by atoms with Gasteiger partial charge in [0.15, 0.2) is 0 Å². The number of alkyl halides is 3. The molecule has 0 saturated carbocycles. The first kappa shape index (κ1) is 18.1. The van der Waals surface area contributed by atoms with Crippen molar-refractivity contribution in [1.29, 1.82) is 0 Å². The standard InChI is InChI=1S/C17H16F3N5OS/c1-9-6-12(17(18,19)20)24-13(23-9)3-5-25-8-22-15-14(16(25)26)10-2-4-21-7-11(10)27-15/h6,8,21H,2-5,7H2,1H3. The molecule has 6 nitrogen and oxygen atoms in total. The van der Waals surface area contributed by atoms with Crippen molar-refractivity contribution in [2.24, 2.45) is 0 Å². The van der Waals surface area contributed by atoms with E-state index in [1.54, 1.807) is 0 Å². The Labute approximate surface area is 156 Å². The molecule has 0 amide bonds. The second-order valence-electron chi connectivity index (χ2n) is 6.41. The number of fused-ring (bicyclic) bond motifs is 3. The largest absolute Gasteiger partial charge is 0.433 e. The van der Waals surface area contributed by atoms with Crippen LogP contribution in [0.1, 0.15) is 27.7 Å². The average Bonchev–Trinajstić information content (AvgIpc) is 2.99. The summed E-state index contributed by atoms with van der Waals surface area (Å²) in [6.45, 7) is 3.20. The number of nitrogens with one attached hydrogen (secondary N) is 1. The number of aromatic nitrogens is 4. The van der Waals surface area contributed by atoms with Gasteiger partial charge < -0.3 is 5.32 Å². The van der Waals surface area contributed by atoms with E-state index in [-0.39, 0.29) is 30.0 Å². The molecule has 4 heterocycles. The minimum Gasteiger partial charge on any atom is -0.312 e. The van der Waals surface area contributed by atoms with Crippen LogP contribution in [0.25, 0.3) is 10.2 Å². The maximum atomic E-state index is 12.9. The van der Waals surface area contributed by atoms with Gasteiger partial charge >= 0.3 is 6.18 Å². The molecule has 0 fully saturated rings. The molecule has 10 heteroatoms. The van der Waals surface area contributed by atoms with Crippen molar-refractivity contribution in [3.8, 4) is 0 Å². The van der Waals surface area contributed by atoms with E-state index in [9.17, 15) is 18.0 Å². The van der Waals surface area contributed by atoms with Crippen LogP contribution in [0.15, 0.2) is 17.2 Å². The molecule has 27 heavy (non-hydrogen) atoms. The molecule has 0 saturated heterocycles. The zero-order valence-corrected chi connectivity index (χ0v) is 15.2. The maximum absolute atomic E-state index is 12.9. The molecular weight excluding hydrogens is 379 g/mol. The molecule has 3 aromatic rings. The van der Waals surface area contributed by atoms with Gasteiger partial charge in [0.25, 0.3) is 5.56 Å². The van der Waals surface area contributed by atoms with Crippen LogP contribution in [0.2, 0.25) is 0 Å². The lowest BCUT2D eigenvalue weighted by molar-refractivity contribution is -0.141. The van der Waals surface area contributed by atoms with E-state index in [1.807, 2.05) is 0 Å². The van der Waals surface area contributed by atoms with Gasteiger partial charge in [-0.1, -0.05) is 0 Å². The van der Waals surface area contributed by atoms with E-state index < -0.39 is 11.9 Å². The van der Waals surface area contributed by atoms with Crippen molar-refractivity contribution < 1.29 is 13.2 Å². The van der Waals surface area contributed by atoms with E-state index in [4.69, 9.17) is 0 Å². The van der Waals surface area contributed by atoms with Gasteiger partial charge in [0.05, 0.1) is 11.7 Å². The van der Waals surface area contributed by atoms with Crippen LogP contribution in [0, 0.1) is 6.92 Å². The molecule has 0 aliphatic carbocycles. The lowest BCUT2D eigenvalue weighted by Crippen LogP contribution is -2.25. The summed E-state index contributed by atoms with van der Waals surface area (Å²) in [5.41, 5.74) is 0.146. The van der Waals surface area contributed by atoms with Gasteiger partial charge in [0, 0.05) is 30.1 Å². The Morgan fingerprint density at radius 2 is 2.15 bits per heavy atom. The van der Waals surface area contributed by atoms with Gasteiger partial charge in [-0.3, -0.25) is 9.36 Å². The zero-order chi connectivity index (χ0) is 19.2. The second-order valence-corrected chi connectivity index (χ2v) is 7.50. The summed E-state index contributed by atoms with van der Waals surface area (Å²) >= 11 is 1.51. The minimum atomic E-state index is -4.52. The minimum absolute atomic E-state index is 0.0610. The Hall–Kier alpha value is -2.33. The number of thiophene rings is 1. The van der Waals surface area contributed by atoms with Gasteiger partial charge in [-0.05, 0) is 31.5 Å². The van der Waals surface area contributed by atoms with Gasteiger partial charge in [0.2, 0.25) is 0 Å². The molecule has 142 valence electrons. The summed E-state index contributed by atoms with van der Waals surface area (Å²) in [6, 6.07) is 0.912. The van der Waals surface area contributed by atoms with Crippen molar-refractivity contribution in [3.05, 3.63) is 50.4 Å². The summed E-state index contributed by atoms with van der Waals surface area (Å²) in [4.78, 5) is 26.7. The lowest BCUT2D eigenvalue weighted by atomic mass is 10.1. The fourth-order valence-electron chi connectivity index (χ4n) is 3.22. The predicted molar refractivity (Wildman–Crippen MR) is 94.8 cm³/mol. The van der Waals surface area contributed by atoms with E-state index in [0.717, 1.165) is 36.0 Å². The van der Waals surface area contributed by atoms with Crippen LogP contribution in [0.4, 0.5) is 13.2 Å². The molecular formula is C17H16F3N5OS. The SMILES string of the molecule is Cc1cc(C(F)(F)F)nc(CCn2cnc3sc4c(c3c2=O)CCNC4)n1. The summed E-state index contributed by atoms with van der Waals surface area (Å²) in [6.07, 6.45) is -2.19. The van der Waals surface area contributed by atoms with Crippen LogP contribution in [0.3, 0.4) is 0 Å². The molecule has 0 radical (unpaired) electrons. The van der Waals surface area contributed by atoms with Crippen LogP contribution in [-0.2, 0) is 32.1 Å². The van der Waals surface area contributed by atoms with E-state index >= 15 is 0 Å². The highest BCUT2D eigenvalue weighted by atomic mass is 32.1. The number of hydrogen-bond acceptors (Lipinski definition) is 6. The summed E-state index contributed by atoms with van der Waals surface area (Å²) in [7, 11) is 0. The van der Waals surface area contributed by atoms with Crippen LogP contribution in [-0.4, -0.2) is 26.1 Å². The first-order valence-electron chi connectivity index (χ1n) is 8.45. The van der Waals surface area contributed by atoms with Gasteiger partial charge in [0.1, 0.15) is 16.3 Å². The smallest absolute Gasteiger partial charge is 0.312 e. The third-order valence-corrected chi connectivity index (χ3v) is 5.61. The quantitative estimate of drug-likeness (QED) is 0.738. The van der Waals surface area contributed by atoms with Crippen molar-refractivity contribution >= 4 is 21.6 Å². The van der Waals surface area contributed by atoms with E-state index in [0.29, 0.717) is 10.2 Å². The van der Waals surface area contributed by atoms with Crippen LogP contribution in [0.5, 0.6) is 0 Å². The fourth-order valence-corrected chi connectivity index (χ4v) is 4.36. The summed E-state index contributed by atoms with van der Waals surface area (Å²) in [5, 5.41) is 3.90. The number of aryl methyl sites for hydroxylation is 3. The normalized spacial score (nSPS) is 14.5. The molecule has 4 rings (SSSR count). The molecule has 0 spiro atoms. The van der Waals surface area contributed by atoms with Gasteiger partial charge in [-0.2, -0.15) is 13.2 Å². The van der Waals surface area contributed by atoms with Crippen molar-refractivity contribution in [3.63, 3.8) is 0 Å². The lowest BCUT2D eigenvalue weighted by Gasteiger charge is -2.12. The number of halogens is 3. The Kier molecular flexibility index (Phi) is 4.47. The van der Waals surface area contributed by atoms with E-state index in [1.165, 1.54) is 29.2 Å². The Morgan fingerprint density at radius 1 is 1.33 bits per heavy atom. The van der Waals surface area contributed by atoms with Gasteiger partial charge in [-0.25, -0.2) is 15.0 Å². The first-order valence-corrected chi connectivity index (χ1v) is 9.27. The van der Waals surface area contributed by atoms with Gasteiger partial charge in [-0.15, -0.1) is 11.3 Å². The molecule has 3 aromatic heterocycles. The van der Waals surface area contributed by atoms with Crippen molar-refractivity contribution in [2.75, 3.05) is 6.54 Å². The Balaban J connectivity index is 1.64. The number of nitrogens with zero attached hydrogens (tertiary/aromatic N) is 4. The average molecular weight is 395 g/mol. The summed E-state index contributed by atoms with van der Waals surface area (Å²) in [5.74, 6) is 0.0610. The van der Waals surface area contributed by atoms with Crippen molar-refractivity contribution in [1.82, 2.24) is 24.8 Å². The summed E-state index contributed by atoms with van der Waals surface area (Å²) < 4.78 is 40.2. The Bertz CT molecular complexity index is 1070. The molecule has 0 atom stereocenters. The molecule has 1 aliphatic heterocycles. The molecule has 1 N–H and O–H groups in total. The highest BCUT2D eigenvalue weighted by molar-refractivity contribution is 7.18. The third-order valence-electron chi connectivity index (χ3n) is 4.47.